The molecule has 0 aliphatic carbocycles. The van der Waals surface area contributed by atoms with Gasteiger partial charge in [-0.3, -0.25) is 9.97 Å². The van der Waals surface area contributed by atoms with Gasteiger partial charge in [0.05, 0.1) is 18.3 Å². The number of pyridine rings is 2. The molecule has 0 saturated carbocycles. The summed E-state index contributed by atoms with van der Waals surface area (Å²) in [6.45, 7) is 2.43. The molecule has 116 valence electrons. The van der Waals surface area contributed by atoms with Gasteiger partial charge in [-0.2, -0.15) is 0 Å². The third kappa shape index (κ3) is 5.05. The number of hydrogen-bond acceptors (Lipinski definition) is 4. The van der Waals surface area contributed by atoms with Crippen LogP contribution in [0.5, 0.6) is 0 Å². The van der Waals surface area contributed by atoms with E-state index in [0.717, 1.165) is 23.4 Å². The van der Waals surface area contributed by atoms with Gasteiger partial charge in [0.1, 0.15) is 0 Å². The highest BCUT2D eigenvalue weighted by Crippen LogP contribution is 2.16. The monoisotopic (exact) mass is 316 g/mol. The number of rotatable bonds is 6. The zero-order chi connectivity index (χ0) is 15.8. The van der Waals surface area contributed by atoms with Crippen LogP contribution in [0.3, 0.4) is 0 Å². The highest BCUT2D eigenvalue weighted by atomic mass is 32.1. The Bertz CT molecular complexity index is 606. The lowest BCUT2D eigenvalue weighted by molar-refractivity contribution is 0.300. The zero-order valence-corrected chi connectivity index (χ0v) is 13.3. The summed E-state index contributed by atoms with van der Waals surface area (Å²) < 4.78 is 0. The molecular weight excluding hydrogens is 296 g/mol. The molecule has 1 unspecified atom stereocenters. The van der Waals surface area contributed by atoms with Crippen molar-refractivity contribution in [3.8, 4) is 0 Å². The van der Waals surface area contributed by atoms with Crippen molar-refractivity contribution in [2.75, 3.05) is 13.2 Å². The molecule has 0 bridgehead atoms. The summed E-state index contributed by atoms with van der Waals surface area (Å²) >= 11 is 5.27. The van der Waals surface area contributed by atoms with E-state index in [1.807, 2.05) is 37.3 Å². The van der Waals surface area contributed by atoms with Crippen molar-refractivity contribution >= 4 is 17.3 Å². The third-order valence-corrected chi connectivity index (χ3v) is 3.42. The summed E-state index contributed by atoms with van der Waals surface area (Å²) in [5.74, 6) is 0. The molecule has 6 heteroatoms. The maximum Gasteiger partial charge on any atom is 0.166 e. The molecule has 0 aromatic carbocycles. The smallest absolute Gasteiger partial charge is 0.166 e. The maximum absolute atomic E-state index is 8.87. The normalized spacial score (nSPS) is 11.7. The Morgan fingerprint density at radius 2 is 2.05 bits per heavy atom. The summed E-state index contributed by atoms with van der Waals surface area (Å²) in [6.07, 6.45) is 4.30. The van der Waals surface area contributed by atoms with Crippen LogP contribution in [0.1, 0.15) is 23.0 Å². The maximum atomic E-state index is 8.87. The molecule has 3 N–H and O–H groups in total. The van der Waals surface area contributed by atoms with Crippen molar-refractivity contribution in [2.24, 2.45) is 0 Å². The average molecular weight is 316 g/mol. The Balaban J connectivity index is 2.15. The largest absolute Gasteiger partial charge is 0.395 e. The Morgan fingerprint density at radius 1 is 1.27 bits per heavy atom. The van der Waals surface area contributed by atoms with Crippen LogP contribution in [0.2, 0.25) is 0 Å². The predicted molar refractivity (Wildman–Crippen MR) is 90.5 cm³/mol. The first kappa shape index (κ1) is 16.3. The molecule has 0 aliphatic heterocycles. The van der Waals surface area contributed by atoms with E-state index in [9.17, 15) is 0 Å². The molecule has 1 atom stereocenters. The second-order valence-electron chi connectivity index (χ2n) is 4.94. The van der Waals surface area contributed by atoms with Crippen molar-refractivity contribution < 1.29 is 5.11 Å². The fourth-order valence-electron chi connectivity index (χ4n) is 2.12. The van der Waals surface area contributed by atoms with Gasteiger partial charge in [-0.1, -0.05) is 6.07 Å². The summed E-state index contributed by atoms with van der Waals surface area (Å²) in [7, 11) is 0. The number of thiocarbonyl (C=S) groups is 1. The van der Waals surface area contributed by atoms with Crippen LogP contribution in [-0.2, 0) is 6.42 Å². The quantitative estimate of drug-likeness (QED) is 0.702. The van der Waals surface area contributed by atoms with Gasteiger partial charge >= 0.3 is 0 Å². The van der Waals surface area contributed by atoms with Crippen molar-refractivity contribution in [2.45, 2.75) is 19.4 Å². The predicted octanol–water partition coefficient (Wildman–Crippen LogP) is 1.53. The molecule has 2 aromatic rings. The molecule has 0 fully saturated rings. The van der Waals surface area contributed by atoms with Crippen LogP contribution in [0.4, 0.5) is 0 Å². The number of hydrogen-bond donors (Lipinski definition) is 3. The van der Waals surface area contributed by atoms with Gasteiger partial charge in [-0.15, -0.1) is 0 Å². The minimum Gasteiger partial charge on any atom is -0.395 e. The van der Waals surface area contributed by atoms with E-state index in [2.05, 4.69) is 20.6 Å². The SMILES string of the molecule is Cc1cccc(C(Cc2ccncc2)NC(=S)NCCO)n1. The van der Waals surface area contributed by atoms with E-state index in [0.29, 0.717) is 11.7 Å². The second kappa shape index (κ2) is 8.41. The molecule has 0 radical (unpaired) electrons. The van der Waals surface area contributed by atoms with Crippen molar-refractivity contribution in [1.82, 2.24) is 20.6 Å². The number of aliphatic hydroxyl groups is 1. The number of aryl methyl sites for hydroxylation is 1. The van der Waals surface area contributed by atoms with Gasteiger partial charge in [0.2, 0.25) is 0 Å². The van der Waals surface area contributed by atoms with Crippen LogP contribution in [0, 0.1) is 6.92 Å². The van der Waals surface area contributed by atoms with Crippen LogP contribution in [-0.4, -0.2) is 33.3 Å². The molecule has 0 saturated heterocycles. The molecule has 0 spiro atoms. The number of aromatic nitrogens is 2. The third-order valence-electron chi connectivity index (χ3n) is 3.16. The summed E-state index contributed by atoms with van der Waals surface area (Å²) in [5.41, 5.74) is 3.05. The van der Waals surface area contributed by atoms with Gasteiger partial charge in [-0.25, -0.2) is 0 Å². The standard InChI is InChI=1S/C16H20N4OS/c1-12-3-2-4-14(19-12)15(20-16(22)18-9-10-21)11-13-5-7-17-8-6-13/h2-8,15,21H,9-11H2,1H3,(H2,18,20,22). The molecule has 2 heterocycles. The van der Waals surface area contributed by atoms with Gasteiger partial charge in [-0.05, 0) is 55.4 Å². The Hall–Kier alpha value is -2.05. The van der Waals surface area contributed by atoms with Crippen molar-refractivity contribution in [3.63, 3.8) is 0 Å². The fourth-order valence-corrected chi connectivity index (χ4v) is 2.37. The molecule has 2 rings (SSSR count). The first-order valence-electron chi connectivity index (χ1n) is 7.16. The van der Waals surface area contributed by atoms with Gasteiger partial charge in [0.15, 0.2) is 5.11 Å². The first-order chi connectivity index (χ1) is 10.7. The average Bonchev–Trinajstić information content (AvgIpc) is 2.53. The Morgan fingerprint density at radius 3 is 2.73 bits per heavy atom. The van der Waals surface area contributed by atoms with E-state index in [1.165, 1.54) is 0 Å². The van der Waals surface area contributed by atoms with Crippen LogP contribution >= 0.6 is 12.2 Å². The van der Waals surface area contributed by atoms with Crippen LogP contribution < -0.4 is 10.6 Å². The molecule has 2 aromatic heterocycles. The fraction of sp³-hybridized carbons (Fsp3) is 0.312. The molecule has 0 aliphatic rings. The zero-order valence-electron chi connectivity index (χ0n) is 12.5. The van der Waals surface area contributed by atoms with Crippen molar-refractivity contribution in [3.05, 3.63) is 59.7 Å². The summed E-state index contributed by atoms with van der Waals surface area (Å²) in [6, 6.07) is 9.86. The molecule has 5 nitrogen and oxygen atoms in total. The van der Waals surface area contributed by atoms with E-state index in [-0.39, 0.29) is 12.6 Å². The Labute approximate surface area is 135 Å². The van der Waals surface area contributed by atoms with Gasteiger partial charge in [0, 0.05) is 24.6 Å². The second-order valence-corrected chi connectivity index (χ2v) is 5.35. The van der Waals surface area contributed by atoms with E-state index in [1.54, 1.807) is 12.4 Å². The Kier molecular flexibility index (Phi) is 6.24. The summed E-state index contributed by atoms with van der Waals surface area (Å²) in [4.78, 5) is 8.63. The lowest BCUT2D eigenvalue weighted by atomic mass is 10.0. The highest BCUT2D eigenvalue weighted by Gasteiger charge is 2.15. The number of nitrogens with one attached hydrogen (secondary N) is 2. The van der Waals surface area contributed by atoms with E-state index in [4.69, 9.17) is 17.3 Å². The topological polar surface area (TPSA) is 70.1 Å². The van der Waals surface area contributed by atoms with Gasteiger partial charge < -0.3 is 15.7 Å². The molecule has 22 heavy (non-hydrogen) atoms. The van der Waals surface area contributed by atoms with Gasteiger partial charge in [0.25, 0.3) is 0 Å². The minimum atomic E-state index is -0.0407. The summed E-state index contributed by atoms with van der Waals surface area (Å²) in [5, 5.41) is 15.6. The lowest BCUT2D eigenvalue weighted by Gasteiger charge is -2.21. The first-order valence-corrected chi connectivity index (χ1v) is 7.57. The van der Waals surface area contributed by atoms with E-state index < -0.39 is 0 Å². The highest BCUT2D eigenvalue weighted by molar-refractivity contribution is 7.80. The van der Waals surface area contributed by atoms with Crippen molar-refractivity contribution in [1.29, 1.82) is 0 Å². The van der Waals surface area contributed by atoms with E-state index >= 15 is 0 Å². The number of nitrogens with zero attached hydrogens (tertiary/aromatic N) is 2. The minimum absolute atomic E-state index is 0.0407. The lowest BCUT2D eigenvalue weighted by Crippen LogP contribution is -2.40. The number of aliphatic hydroxyl groups excluding tert-OH is 1. The molecule has 0 amide bonds. The van der Waals surface area contributed by atoms with Crippen LogP contribution in [0.15, 0.2) is 42.7 Å². The van der Waals surface area contributed by atoms with Crippen LogP contribution in [0.25, 0.3) is 0 Å². The molecular formula is C16H20N4OS.